The van der Waals surface area contributed by atoms with Gasteiger partial charge in [0.1, 0.15) is 12.7 Å². The quantitative estimate of drug-likeness (QED) is 0.761. The molecule has 0 bridgehead atoms. The van der Waals surface area contributed by atoms with Crippen molar-refractivity contribution in [3.05, 3.63) is 65.5 Å². The number of aryl methyl sites for hydroxylation is 1. The first-order valence-corrected chi connectivity index (χ1v) is 9.62. The molecule has 0 aliphatic carbocycles. The van der Waals surface area contributed by atoms with Crippen LogP contribution in [0.25, 0.3) is 0 Å². The number of nitrogens with zero attached hydrogens (tertiary/aromatic N) is 3. The molecule has 1 aromatic carbocycles. The number of hydrogen-bond acceptors (Lipinski definition) is 4. The number of hydrogen-bond donors (Lipinski definition) is 0. The van der Waals surface area contributed by atoms with Crippen LogP contribution in [0.5, 0.6) is 0 Å². The molecule has 2 saturated heterocycles. The first-order valence-electron chi connectivity index (χ1n) is 9.62. The maximum Gasteiger partial charge on any atom is 0.297 e. The van der Waals surface area contributed by atoms with Crippen molar-refractivity contribution < 1.29 is 13.5 Å². The molecule has 146 valence electrons. The largest absolute Gasteiger partial charge is 0.365 e. The smallest absolute Gasteiger partial charge is 0.297 e. The molecule has 0 spiro atoms. The maximum absolute atomic E-state index is 14.3. The van der Waals surface area contributed by atoms with Crippen molar-refractivity contribution in [2.24, 2.45) is 5.41 Å². The minimum absolute atomic E-state index is 0.476. The number of nitriles is 1. The average molecular weight is 383 g/mol. The van der Waals surface area contributed by atoms with Crippen molar-refractivity contribution in [1.29, 1.82) is 5.26 Å². The van der Waals surface area contributed by atoms with E-state index in [4.69, 9.17) is 10.00 Å². The molecule has 3 heterocycles. The van der Waals surface area contributed by atoms with Crippen LogP contribution in [0.4, 0.5) is 8.78 Å². The second-order valence-corrected chi connectivity index (χ2v) is 7.90. The van der Waals surface area contributed by atoms with Gasteiger partial charge in [-0.1, -0.05) is 18.2 Å². The zero-order valence-electron chi connectivity index (χ0n) is 15.7. The van der Waals surface area contributed by atoms with E-state index in [-0.39, 0.29) is 0 Å². The van der Waals surface area contributed by atoms with Crippen LogP contribution in [0, 0.1) is 16.7 Å². The van der Waals surface area contributed by atoms with E-state index in [1.807, 2.05) is 30.3 Å². The Kier molecular flexibility index (Phi) is 5.13. The number of rotatable bonds is 6. The summed E-state index contributed by atoms with van der Waals surface area (Å²) < 4.78 is 34.0. The van der Waals surface area contributed by atoms with E-state index in [0.29, 0.717) is 37.9 Å². The molecule has 1 aromatic heterocycles. The van der Waals surface area contributed by atoms with E-state index >= 15 is 0 Å². The van der Waals surface area contributed by atoms with Gasteiger partial charge in [-0.05, 0) is 55.6 Å². The number of benzene rings is 1. The fourth-order valence-corrected chi connectivity index (χ4v) is 4.45. The Bertz CT molecular complexity index is 850. The number of likely N-dealkylation sites (tertiary alicyclic amines) is 1. The molecule has 4 nitrogen and oxygen atoms in total. The van der Waals surface area contributed by atoms with Crippen molar-refractivity contribution in [2.75, 3.05) is 19.7 Å². The molecule has 0 radical (unpaired) electrons. The maximum atomic E-state index is 14.3. The monoisotopic (exact) mass is 383 g/mol. The van der Waals surface area contributed by atoms with Gasteiger partial charge in [0, 0.05) is 24.7 Å². The van der Waals surface area contributed by atoms with E-state index in [9.17, 15) is 8.78 Å². The number of pyridine rings is 1. The number of halogens is 2. The highest BCUT2D eigenvalue weighted by Gasteiger charge is 2.61. The summed E-state index contributed by atoms with van der Waals surface area (Å²) in [4.78, 5) is 6.57. The summed E-state index contributed by atoms with van der Waals surface area (Å²) in [6.45, 7) is 1.54. The fourth-order valence-electron chi connectivity index (χ4n) is 4.45. The van der Waals surface area contributed by atoms with Crippen molar-refractivity contribution in [3.63, 3.8) is 0 Å². The van der Waals surface area contributed by atoms with Crippen LogP contribution in [-0.2, 0) is 17.7 Å². The van der Waals surface area contributed by atoms with Gasteiger partial charge in [0.05, 0.1) is 17.3 Å². The highest BCUT2D eigenvalue weighted by Crippen LogP contribution is 2.50. The van der Waals surface area contributed by atoms with Crippen molar-refractivity contribution in [3.8, 4) is 6.07 Å². The molecule has 0 saturated carbocycles. The summed E-state index contributed by atoms with van der Waals surface area (Å²) in [7, 11) is 0. The van der Waals surface area contributed by atoms with Gasteiger partial charge in [-0.25, -0.2) is 8.78 Å². The van der Waals surface area contributed by atoms with Crippen molar-refractivity contribution >= 4 is 0 Å². The van der Waals surface area contributed by atoms with Gasteiger partial charge >= 0.3 is 0 Å². The third-order valence-corrected chi connectivity index (χ3v) is 5.95. The highest BCUT2D eigenvalue weighted by molar-refractivity contribution is 5.31. The first kappa shape index (κ1) is 19.0. The summed E-state index contributed by atoms with van der Waals surface area (Å²) in [5.41, 5.74) is 2.05. The van der Waals surface area contributed by atoms with E-state index in [2.05, 4.69) is 16.0 Å². The summed E-state index contributed by atoms with van der Waals surface area (Å²) >= 11 is 0. The van der Waals surface area contributed by atoms with Gasteiger partial charge in [0.15, 0.2) is 0 Å². The van der Waals surface area contributed by atoms with Gasteiger partial charge in [0.25, 0.3) is 5.92 Å². The molecule has 0 amide bonds. The van der Waals surface area contributed by atoms with E-state index in [1.54, 1.807) is 18.3 Å². The Balaban J connectivity index is 1.48. The first-order chi connectivity index (χ1) is 13.5. The van der Waals surface area contributed by atoms with E-state index in [0.717, 1.165) is 17.8 Å². The van der Waals surface area contributed by atoms with Gasteiger partial charge in [0.2, 0.25) is 0 Å². The molecule has 6 heteroatoms. The molecular weight excluding hydrogens is 360 g/mol. The van der Waals surface area contributed by atoms with Crippen LogP contribution < -0.4 is 0 Å². The fraction of sp³-hybridized carbons (Fsp3) is 0.455. The molecule has 0 N–H and O–H groups in total. The van der Waals surface area contributed by atoms with Crippen molar-refractivity contribution in [1.82, 2.24) is 9.88 Å². The van der Waals surface area contributed by atoms with Crippen LogP contribution in [0.1, 0.15) is 29.7 Å². The Hall–Kier alpha value is -2.36. The highest BCUT2D eigenvalue weighted by atomic mass is 19.3. The zero-order valence-corrected chi connectivity index (χ0v) is 15.7. The van der Waals surface area contributed by atoms with E-state index < -0.39 is 24.0 Å². The van der Waals surface area contributed by atoms with Crippen LogP contribution in [-0.4, -0.2) is 41.6 Å². The van der Waals surface area contributed by atoms with E-state index in [1.165, 1.54) is 0 Å². The molecule has 28 heavy (non-hydrogen) atoms. The predicted octanol–water partition coefficient (Wildman–Crippen LogP) is 3.81. The number of alkyl halides is 2. The average Bonchev–Trinajstić information content (AvgIpc) is 3.10. The summed E-state index contributed by atoms with van der Waals surface area (Å²) in [5.74, 6) is -2.76. The lowest BCUT2D eigenvalue weighted by Gasteiger charge is -2.48. The lowest BCUT2D eigenvalue weighted by Crippen LogP contribution is -2.61. The standard InChI is InChI=1S/C22H23F2N3O/c23-22(24)16-28-20(22)21(9-8-17-4-6-18(13-25)7-5-17)10-12-27(15-21)14-19-3-1-2-11-26-19/h1-7,11,20H,8-10,12,14-16H2/t20?,21-/m1/s1. The molecule has 2 aromatic rings. The van der Waals surface area contributed by atoms with Crippen LogP contribution >= 0.6 is 0 Å². The molecule has 4 rings (SSSR count). The Morgan fingerprint density at radius 1 is 1.21 bits per heavy atom. The topological polar surface area (TPSA) is 49.1 Å². The summed E-state index contributed by atoms with van der Waals surface area (Å²) in [6.07, 6.45) is 2.76. The molecule has 1 unspecified atom stereocenters. The zero-order chi connectivity index (χ0) is 19.6. The Labute approximate surface area is 163 Å². The lowest BCUT2D eigenvalue weighted by molar-refractivity contribution is -0.301. The SMILES string of the molecule is N#Cc1ccc(CC[C@@]2(C3OCC3(F)F)CCN(Cc3ccccn3)C2)cc1. The molecule has 2 atom stereocenters. The second kappa shape index (κ2) is 7.57. The van der Waals surface area contributed by atoms with Gasteiger partial charge in [-0.2, -0.15) is 5.26 Å². The molecular formula is C22H23F2N3O. The Morgan fingerprint density at radius 2 is 2.04 bits per heavy atom. The van der Waals surface area contributed by atoms with Crippen LogP contribution in [0.15, 0.2) is 48.7 Å². The van der Waals surface area contributed by atoms with Crippen LogP contribution in [0.3, 0.4) is 0 Å². The minimum Gasteiger partial charge on any atom is -0.365 e. The normalized spacial score (nSPS) is 26.5. The molecule has 2 fully saturated rings. The summed E-state index contributed by atoms with van der Waals surface area (Å²) in [5, 5.41) is 8.93. The second-order valence-electron chi connectivity index (χ2n) is 7.90. The Morgan fingerprint density at radius 3 is 2.64 bits per heavy atom. The summed E-state index contributed by atoms with van der Waals surface area (Å²) in [6, 6.07) is 15.3. The van der Waals surface area contributed by atoms with Crippen LogP contribution in [0.2, 0.25) is 0 Å². The van der Waals surface area contributed by atoms with Gasteiger partial charge in [-0.15, -0.1) is 0 Å². The number of aromatic nitrogens is 1. The van der Waals surface area contributed by atoms with Crippen molar-refractivity contribution in [2.45, 2.75) is 37.8 Å². The van der Waals surface area contributed by atoms with Gasteiger partial charge in [-0.3, -0.25) is 9.88 Å². The molecule has 2 aliphatic rings. The minimum atomic E-state index is -2.76. The number of ether oxygens (including phenoxy) is 1. The third kappa shape index (κ3) is 3.78. The third-order valence-electron chi connectivity index (χ3n) is 5.95. The lowest BCUT2D eigenvalue weighted by atomic mass is 9.72. The molecule has 2 aliphatic heterocycles. The predicted molar refractivity (Wildman–Crippen MR) is 101 cm³/mol. The van der Waals surface area contributed by atoms with Gasteiger partial charge < -0.3 is 4.74 Å².